The number of rotatable bonds is 5. The number of hydrogen-bond donors (Lipinski definition) is 0. The van der Waals surface area contributed by atoms with E-state index in [0.717, 1.165) is 55.3 Å². The number of furan rings is 1. The van der Waals surface area contributed by atoms with E-state index < -0.39 is 0 Å². The summed E-state index contributed by atoms with van der Waals surface area (Å²) in [5, 5.41) is 4.65. The van der Waals surface area contributed by atoms with Crippen molar-refractivity contribution in [2.24, 2.45) is 0 Å². The summed E-state index contributed by atoms with van der Waals surface area (Å²) in [7, 11) is 0. The van der Waals surface area contributed by atoms with Crippen LogP contribution in [-0.2, 0) is 0 Å². The molecule has 0 aliphatic rings. The van der Waals surface area contributed by atoms with Gasteiger partial charge in [0.25, 0.3) is 0 Å². The molecule has 0 saturated heterocycles. The third-order valence-corrected chi connectivity index (χ3v) is 11.6. The Morgan fingerprint density at radius 3 is 1.80 bits per heavy atom. The fraction of sp³-hybridized carbons (Fsp3) is 0. The van der Waals surface area contributed by atoms with Gasteiger partial charge < -0.3 is 4.42 Å². The molecule has 0 spiro atoms. The van der Waals surface area contributed by atoms with E-state index in [1.54, 1.807) is 0 Å². The minimum atomic E-state index is 0.122. The summed E-state index contributed by atoms with van der Waals surface area (Å²) in [6.45, 7) is 0. The number of para-hydroxylation sites is 1. The van der Waals surface area contributed by atoms with Crippen LogP contribution in [0.2, 0.25) is 0 Å². The van der Waals surface area contributed by atoms with E-state index in [1.165, 1.54) is 25.2 Å². The van der Waals surface area contributed by atoms with Crippen molar-refractivity contribution in [1.29, 1.82) is 0 Å². The summed E-state index contributed by atoms with van der Waals surface area (Å²) in [5.74, 6) is 1.84. The van der Waals surface area contributed by atoms with Crippen LogP contribution in [0.3, 0.4) is 0 Å². The van der Waals surface area contributed by atoms with Crippen molar-refractivity contribution in [1.82, 2.24) is 19.9 Å². The molecule has 3 aromatic heterocycles. The summed E-state index contributed by atoms with van der Waals surface area (Å²) in [6.07, 6.45) is 0. The Bertz CT molecular complexity index is 2880. The molecule has 0 saturated carbocycles. The van der Waals surface area contributed by atoms with E-state index in [9.17, 15) is 0 Å². The minimum Gasteiger partial charge on any atom is -0.0615 e. The molecule has 0 bridgehead atoms. The van der Waals surface area contributed by atoms with Gasteiger partial charge in [0, 0.05) is 10.8 Å². The maximum absolute atomic E-state index is 6.22. The van der Waals surface area contributed by atoms with Gasteiger partial charge in [-0.05, 0) is 12.1 Å². The maximum atomic E-state index is 6.22. The van der Waals surface area contributed by atoms with E-state index in [1.807, 2.05) is 54.6 Å². The zero-order valence-corrected chi connectivity index (χ0v) is 28.3. The summed E-state index contributed by atoms with van der Waals surface area (Å²) >= 11 is 0.122. The summed E-state index contributed by atoms with van der Waals surface area (Å²) in [6, 6.07) is 54.4. The number of aromatic nitrogens is 4. The van der Waals surface area contributed by atoms with Crippen molar-refractivity contribution in [3.63, 3.8) is 0 Å². The van der Waals surface area contributed by atoms with Crippen molar-refractivity contribution in [2.45, 2.75) is 0 Å². The summed E-state index contributed by atoms with van der Waals surface area (Å²) < 4.78 is 8.73. The second-order valence-electron chi connectivity index (χ2n) is 12.3. The van der Waals surface area contributed by atoms with Gasteiger partial charge in [-0.3, -0.25) is 0 Å². The predicted octanol–water partition coefficient (Wildman–Crippen LogP) is 10.9. The van der Waals surface area contributed by atoms with Crippen LogP contribution in [0.15, 0.2) is 162 Å². The molecule has 0 radical (unpaired) electrons. The molecular weight excluding hydrogens is 679 g/mol. The SMILES string of the molecule is c1ccc(-c2nc(-c3cccc(-c4ccc5ccc6nc(-c7ccccc7)[se]c6c5c4)c3)nc(-c3ccc4c(c3)oc3ccccc34)n2)cc1. The Morgan fingerprint density at radius 1 is 0.380 bits per heavy atom. The van der Waals surface area contributed by atoms with E-state index in [0.29, 0.717) is 17.5 Å². The zero-order valence-electron chi connectivity index (χ0n) is 26.6. The van der Waals surface area contributed by atoms with Crippen molar-refractivity contribution < 1.29 is 4.42 Å². The van der Waals surface area contributed by atoms with Gasteiger partial charge in [-0.25, -0.2) is 0 Å². The standard InChI is InChI=1S/C44H26N4OSe/c1-3-10-28(11-4-1)41-46-42(48-43(47-41)33-20-22-35-34-16-7-8-17-38(34)49-39(35)26-33)32-15-9-14-30(24-32)31-19-18-27-21-23-37-40(36(27)25-31)50-44(45-37)29-12-5-2-6-13-29/h1-26H. The van der Waals surface area contributed by atoms with Crippen molar-refractivity contribution in [3.8, 4) is 55.4 Å². The van der Waals surface area contributed by atoms with E-state index in [-0.39, 0.29) is 14.5 Å². The smallest absolute Gasteiger partial charge is 0.0615 e. The first kappa shape index (κ1) is 28.8. The molecule has 0 aliphatic heterocycles. The molecule has 0 N–H and O–H groups in total. The molecule has 234 valence electrons. The number of benzene rings is 7. The van der Waals surface area contributed by atoms with Crippen LogP contribution in [0.25, 0.3) is 97.9 Å². The Hall–Kier alpha value is -6.20. The molecule has 10 rings (SSSR count). The van der Waals surface area contributed by atoms with Crippen molar-refractivity contribution >= 4 is 57.0 Å². The predicted molar refractivity (Wildman–Crippen MR) is 204 cm³/mol. The molecule has 5 nitrogen and oxygen atoms in total. The fourth-order valence-electron chi connectivity index (χ4n) is 6.64. The number of nitrogens with zero attached hydrogens (tertiary/aromatic N) is 4. The van der Waals surface area contributed by atoms with Crippen LogP contribution in [0.1, 0.15) is 0 Å². The Balaban J connectivity index is 1.09. The molecule has 7 aromatic carbocycles. The molecular formula is C44H26N4OSe. The molecule has 3 heterocycles. The summed E-state index contributed by atoms with van der Waals surface area (Å²) in [4.78, 5) is 20.1. The van der Waals surface area contributed by atoms with E-state index in [4.69, 9.17) is 24.4 Å². The first-order valence-corrected chi connectivity index (χ1v) is 18.2. The molecule has 0 fully saturated rings. The molecule has 0 amide bonds. The third-order valence-electron chi connectivity index (χ3n) is 9.15. The van der Waals surface area contributed by atoms with Gasteiger partial charge in [-0.15, -0.1) is 0 Å². The van der Waals surface area contributed by atoms with Crippen molar-refractivity contribution in [2.75, 3.05) is 0 Å². The molecule has 0 aliphatic carbocycles. The minimum absolute atomic E-state index is 0.122. The normalized spacial score (nSPS) is 11.6. The Morgan fingerprint density at radius 2 is 0.980 bits per heavy atom. The third kappa shape index (κ3) is 5.01. The van der Waals surface area contributed by atoms with Crippen LogP contribution in [0.5, 0.6) is 0 Å². The van der Waals surface area contributed by atoms with Gasteiger partial charge in [0.1, 0.15) is 11.2 Å². The molecule has 50 heavy (non-hydrogen) atoms. The van der Waals surface area contributed by atoms with Crippen LogP contribution in [-0.4, -0.2) is 34.4 Å². The first-order chi connectivity index (χ1) is 24.7. The van der Waals surface area contributed by atoms with Gasteiger partial charge >= 0.3 is 220 Å². The molecule has 10 aromatic rings. The van der Waals surface area contributed by atoms with Gasteiger partial charge in [-0.1, -0.05) is 36.4 Å². The second kappa shape index (κ2) is 11.7. The van der Waals surface area contributed by atoms with Crippen molar-refractivity contribution in [3.05, 3.63) is 158 Å². The van der Waals surface area contributed by atoms with Gasteiger partial charge in [0.2, 0.25) is 0 Å². The average Bonchev–Trinajstić information content (AvgIpc) is 3.80. The monoisotopic (exact) mass is 706 g/mol. The summed E-state index contributed by atoms with van der Waals surface area (Å²) in [5.41, 5.74) is 8.91. The Kier molecular flexibility index (Phi) is 6.76. The molecule has 0 atom stereocenters. The number of hydrogen-bond acceptors (Lipinski definition) is 5. The number of fused-ring (bicyclic) bond motifs is 6. The fourth-order valence-corrected chi connectivity index (χ4v) is 8.94. The quantitative estimate of drug-likeness (QED) is 0.167. The van der Waals surface area contributed by atoms with Gasteiger partial charge in [0.15, 0.2) is 0 Å². The molecule has 0 unspecified atom stereocenters. The zero-order chi connectivity index (χ0) is 33.0. The van der Waals surface area contributed by atoms with Crippen LogP contribution in [0, 0.1) is 0 Å². The first-order valence-electron chi connectivity index (χ1n) is 16.5. The van der Waals surface area contributed by atoms with Crippen LogP contribution >= 0.6 is 0 Å². The van der Waals surface area contributed by atoms with E-state index >= 15 is 0 Å². The van der Waals surface area contributed by atoms with Crippen LogP contribution < -0.4 is 0 Å². The molecule has 6 heteroatoms. The topological polar surface area (TPSA) is 64.7 Å². The van der Waals surface area contributed by atoms with Crippen LogP contribution in [0.4, 0.5) is 0 Å². The van der Waals surface area contributed by atoms with Gasteiger partial charge in [0.05, 0.1) is 0 Å². The Labute approximate surface area is 293 Å². The van der Waals surface area contributed by atoms with Gasteiger partial charge in [-0.2, -0.15) is 0 Å². The average molecular weight is 706 g/mol. The second-order valence-corrected chi connectivity index (χ2v) is 14.4. The van der Waals surface area contributed by atoms with E-state index in [2.05, 4.69) is 103 Å².